The Labute approximate surface area is 96.9 Å². The van der Waals surface area contributed by atoms with Crippen molar-refractivity contribution in [2.75, 3.05) is 7.05 Å². The zero-order chi connectivity index (χ0) is 10.8. The van der Waals surface area contributed by atoms with Gasteiger partial charge in [-0.3, -0.25) is 5.41 Å². The largest absolute Gasteiger partial charge is 0.351 e. The van der Waals surface area contributed by atoms with Gasteiger partial charge in [0.05, 0.1) is 0 Å². The zero-order valence-corrected chi connectivity index (χ0v) is 10.5. The monoisotopic (exact) mass is 221 g/mol. The van der Waals surface area contributed by atoms with Gasteiger partial charge in [-0.25, -0.2) is 0 Å². The highest BCUT2D eigenvalue weighted by Crippen LogP contribution is 2.75. The molecule has 1 saturated carbocycles. The summed E-state index contributed by atoms with van der Waals surface area (Å²) in [4.78, 5) is 2.19. The Morgan fingerprint density at radius 2 is 2.20 bits per heavy atom. The Morgan fingerprint density at radius 3 is 2.93 bits per heavy atom. The predicted octanol–water partition coefficient (Wildman–Crippen LogP) is 2.60. The molecule has 1 radical (unpaired) electrons. The minimum absolute atomic E-state index is 0.463. The molecule has 0 aromatic heterocycles. The van der Waals surface area contributed by atoms with E-state index in [1.807, 2.05) is 0 Å². The van der Waals surface area contributed by atoms with Crippen LogP contribution in [0.2, 0.25) is 10.6 Å². The molecule has 1 N–H and O–H groups in total. The van der Waals surface area contributed by atoms with Gasteiger partial charge in [0, 0.05) is 18.3 Å². The summed E-state index contributed by atoms with van der Waals surface area (Å²) < 4.78 is 0. The second kappa shape index (κ2) is 2.76. The van der Waals surface area contributed by atoms with Crippen LogP contribution < -0.4 is 0 Å². The first-order chi connectivity index (χ1) is 6.95. The van der Waals surface area contributed by atoms with Crippen LogP contribution in [0.3, 0.4) is 0 Å². The normalized spacial score (nSPS) is 53.0. The van der Waals surface area contributed by atoms with Gasteiger partial charge in [-0.1, -0.05) is 42.7 Å². The first-order valence-electron chi connectivity index (χ1n) is 5.80. The van der Waals surface area contributed by atoms with E-state index >= 15 is 0 Å². The minimum atomic E-state index is 0.463. The number of hydrogen-bond donors (Lipinski definition) is 1. The maximum absolute atomic E-state index is 7.89. The van der Waals surface area contributed by atoms with Crippen molar-refractivity contribution >= 4 is 24.2 Å². The number of rotatable bonds is 0. The van der Waals surface area contributed by atoms with E-state index in [2.05, 4.69) is 33.1 Å². The number of nitrogens with zero attached hydrogens (tertiary/aromatic N) is 1. The van der Waals surface area contributed by atoms with Gasteiger partial charge >= 0.3 is 0 Å². The van der Waals surface area contributed by atoms with Crippen LogP contribution in [-0.4, -0.2) is 35.7 Å². The van der Waals surface area contributed by atoms with Crippen molar-refractivity contribution in [1.29, 1.82) is 5.41 Å². The van der Waals surface area contributed by atoms with Crippen LogP contribution in [0.4, 0.5) is 0 Å². The van der Waals surface area contributed by atoms with Gasteiger partial charge in [-0.2, -0.15) is 0 Å². The summed E-state index contributed by atoms with van der Waals surface area (Å²) in [6.07, 6.45) is 3.84. The number of amidine groups is 1. The average molecular weight is 221 g/mol. The zero-order valence-electron chi connectivity index (χ0n) is 9.71. The van der Waals surface area contributed by atoms with E-state index in [0.29, 0.717) is 21.9 Å². The van der Waals surface area contributed by atoms with Crippen LogP contribution in [0.5, 0.6) is 0 Å². The molecule has 1 aliphatic carbocycles. The molecule has 3 aliphatic rings. The van der Waals surface area contributed by atoms with Gasteiger partial charge in [0.1, 0.15) is 7.28 Å². The molecule has 2 nitrogen and oxygen atoms in total. The highest BCUT2D eigenvalue weighted by atomic mass is 32.2. The van der Waals surface area contributed by atoms with Crippen LogP contribution in [0.15, 0.2) is 0 Å². The van der Waals surface area contributed by atoms with Crippen LogP contribution in [0.1, 0.15) is 33.1 Å². The molecular formula is C11H18BN2S. The third kappa shape index (κ3) is 1.23. The molecule has 2 saturated heterocycles. The molecule has 0 spiro atoms. The van der Waals surface area contributed by atoms with Crippen molar-refractivity contribution in [2.45, 2.75) is 55.0 Å². The number of fused-ring (bicyclic) bond motifs is 2. The lowest BCUT2D eigenvalue weighted by Crippen LogP contribution is -2.33. The smallest absolute Gasteiger partial charge is 0.156 e. The summed E-state index contributed by atoms with van der Waals surface area (Å²) in [6.45, 7) is 4.81. The Balaban J connectivity index is 1.85. The highest BCUT2D eigenvalue weighted by molar-refractivity contribution is 8.14. The standard InChI is InChI=1S/C11H18BN2S/c1-10-5-4-7-8(6-11(10,2)12-10)15-9(13)14(7)3/h7-8,13H,4-6H2,1-3H3/t7?,8?,10?,11-/m0/s1. The molecule has 4 atom stereocenters. The van der Waals surface area contributed by atoms with Crippen molar-refractivity contribution in [3.63, 3.8) is 0 Å². The SMILES string of the molecule is CN1C(=N)SC2C[C@]3(C)[B]C3(C)CCC21. The quantitative estimate of drug-likeness (QED) is 0.636. The topological polar surface area (TPSA) is 27.1 Å². The first kappa shape index (κ1) is 10.1. The van der Waals surface area contributed by atoms with Gasteiger partial charge in [0.25, 0.3) is 0 Å². The van der Waals surface area contributed by atoms with Crippen molar-refractivity contribution in [2.24, 2.45) is 0 Å². The summed E-state index contributed by atoms with van der Waals surface area (Å²) in [5.41, 5.74) is 0. The van der Waals surface area contributed by atoms with E-state index in [4.69, 9.17) is 5.41 Å². The van der Waals surface area contributed by atoms with E-state index in [1.54, 1.807) is 11.8 Å². The molecule has 0 amide bonds. The Bertz CT molecular complexity index is 335. The fourth-order valence-corrected chi connectivity index (χ4v) is 4.94. The third-order valence-corrected chi connectivity index (χ3v) is 6.25. The van der Waals surface area contributed by atoms with Crippen LogP contribution in [-0.2, 0) is 0 Å². The lowest BCUT2D eigenvalue weighted by Gasteiger charge is -2.23. The van der Waals surface area contributed by atoms with Crippen LogP contribution in [0, 0.1) is 5.41 Å². The number of nitrogens with one attached hydrogen (secondary N) is 1. The first-order valence-corrected chi connectivity index (χ1v) is 6.68. The van der Waals surface area contributed by atoms with E-state index in [9.17, 15) is 0 Å². The molecule has 0 aromatic rings. The molecular weight excluding hydrogens is 203 g/mol. The van der Waals surface area contributed by atoms with Gasteiger partial charge in [0.2, 0.25) is 0 Å². The molecule has 2 aliphatic heterocycles. The molecule has 4 heteroatoms. The maximum atomic E-state index is 7.89. The molecule has 3 rings (SSSR count). The molecule has 0 aromatic carbocycles. The Kier molecular flexibility index (Phi) is 1.85. The van der Waals surface area contributed by atoms with Crippen LogP contribution >= 0.6 is 11.8 Å². The van der Waals surface area contributed by atoms with E-state index in [-0.39, 0.29) is 0 Å². The summed E-state index contributed by atoms with van der Waals surface area (Å²) >= 11 is 1.79. The Morgan fingerprint density at radius 1 is 1.47 bits per heavy atom. The molecule has 2 heterocycles. The number of thioether (sulfide) groups is 1. The fourth-order valence-electron chi connectivity index (χ4n) is 3.44. The van der Waals surface area contributed by atoms with Crippen molar-refractivity contribution < 1.29 is 0 Å². The number of hydrogen-bond acceptors (Lipinski definition) is 2. The summed E-state index contributed by atoms with van der Waals surface area (Å²) in [6, 6.07) is 0.623. The van der Waals surface area contributed by atoms with Crippen molar-refractivity contribution in [3.8, 4) is 0 Å². The lowest BCUT2D eigenvalue weighted by molar-refractivity contribution is 0.350. The molecule has 15 heavy (non-hydrogen) atoms. The van der Waals surface area contributed by atoms with Gasteiger partial charge < -0.3 is 4.90 Å². The second-order valence-electron chi connectivity index (χ2n) is 5.86. The summed E-state index contributed by atoms with van der Waals surface area (Å²) in [5.74, 6) is 0. The molecule has 0 bridgehead atoms. The molecule has 81 valence electrons. The minimum Gasteiger partial charge on any atom is -0.351 e. The van der Waals surface area contributed by atoms with Gasteiger partial charge in [-0.15, -0.1) is 0 Å². The van der Waals surface area contributed by atoms with Crippen molar-refractivity contribution in [3.05, 3.63) is 0 Å². The fraction of sp³-hybridized carbons (Fsp3) is 0.909. The van der Waals surface area contributed by atoms with Crippen molar-refractivity contribution in [1.82, 2.24) is 4.90 Å². The maximum Gasteiger partial charge on any atom is 0.156 e. The summed E-state index contributed by atoms with van der Waals surface area (Å²) in [7, 11) is 4.63. The second-order valence-corrected chi connectivity index (χ2v) is 7.09. The van der Waals surface area contributed by atoms with Crippen LogP contribution in [0.25, 0.3) is 0 Å². The Hall–Kier alpha value is -0.115. The van der Waals surface area contributed by atoms with E-state index in [1.165, 1.54) is 19.3 Å². The van der Waals surface area contributed by atoms with Gasteiger partial charge in [0.15, 0.2) is 5.17 Å². The van der Waals surface area contributed by atoms with E-state index < -0.39 is 0 Å². The molecule has 3 fully saturated rings. The van der Waals surface area contributed by atoms with Gasteiger partial charge in [-0.05, 0) is 12.8 Å². The third-order valence-electron chi connectivity index (χ3n) is 4.95. The van der Waals surface area contributed by atoms with E-state index in [0.717, 1.165) is 5.17 Å². The predicted molar refractivity (Wildman–Crippen MR) is 67.0 cm³/mol. The highest BCUT2D eigenvalue weighted by Gasteiger charge is 2.64. The molecule has 3 unspecified atom stereocenters. The lowest BCUT2D eigenvalue weighted by atomic mass is 9.81. The summed E-state index contributed by atoms with van der Waals surface area (Å²) in [5, 5.41) is 10.3. The average Bonchev–Trinajstić information content (AvgIpc) is 2.58.